The monoisotopic (exact) mass is 604 g/mol. The maximum Gasteiger partial charge on any atom is 0.416 e. The van der Waals surface area contributed by atoms with Gasteiger partial charge in [0.15, 0.2) is 5.82 Å². The maximum absolute atomic E-state index is 14.0. The molecule has 0 bridgehead atoms. The summed E-state index contributed by atoms with van der Waals surface area (Å²) in [6.07, 6.45) is -2.42. The van der Waals surface area contributed by atoms with Crippen LogP contribution in [0.15, 0.2) is 42.7 Å². The predicted molar refractivity (Wildman–Crippen MR) is 154 cm³/mol. The summed E-state index contributed by atoms with van der Waals surface area (Å²) in [6.45, 7) is 8.64. The van der Waals surface area contributed by atoms with Crippen LogP contribution in [-0.4, -0.2) is 71.0 Å². The highest BCUT2D eigenvalue weighted by Crippen LogP contribution is 2.40. The molecule has 0 saturated carbocycles. The van der Waals surface area contributed by atoms with Gasteiger partial charge in [-0.05, 0) is 48.9 Å². The van der Waals surface area contributed by atoms with Crippen molar-refractivity contribution in [2.24, 2.45) is 0 Å². The molecule has 1 unspecified atom stereocenters. The summed E-state index contributed by atoms with van der Waals surface area (Å²) in [5.41, 5.74) is -0.443. The number of aromatic nitrogens is 2. The number of carbonyl (C=O) groups excluding carboxylic acids is 1. The highest BCUT2D eigenvalue weighted by Gasteiger charge is 2.34. The van der Waals surface area contributed by atoms with Crippen molar-refractivity contribution in [2.45, 2.75) is 39.0 Å². The maximum atomic E-state index is 14.0. The molecule has 3 aromatic rings. The lowest BCUT2D eigenvalue weighted by Gasteiger charge is -2.34. The van der Waals surface area contributed by atoms with E-state index in [0.29, 0.717) is 31.3 Å². The van der Waals surface area contributed by atoms with Crippen LogP contribution in [0.5, 0.6) is 17.4 Å². The van der Waals surface area contributed by atoms with Crippen LogP contribution >= 0.6 is 11.6 Å². The van der Waals surface area contributed by atoms with E-state index in [9.17, 15) is 18.0 Å². The van der Waals surface area contributed by atoms with Gasteiger partial charge in [0.2, 0.25) is 5.75 Å². The van der Waals surface area contributed by atoms with Gasteiger partial charge in [0.25, 0.3) is 11.8 Å². The Morgan fingerprint density at radius 2 is 1.88 bits per heavy atom. The molecule has 224 valence electrons. The second-order valence-corrected chi connectivity index (χ2v) is 10.6. The molecule has 2 aromatic carbocycles. The van der Waals surface area contributed by atoms with Gasteiger partial charge in [0.1, 0.15) is 18.7 Å². The fourth-order valence-electron chi connectivity index (χ4n) is 4.89. The van der Waals surface area contributed by atoms with Crippen LogP contribution in [0.25, 0.3) is 0 Å². The number of rotatable bonds is 8. The molecule has 1 saturated heterocycles. The van der Waals surface area contributed by atoms with Crippen LogP contribution < -0.4 is 20.1 Å². The first-order chi connectivity index (χ1) is 20.1. The molecule has 5 rings (SSSR count). The molecule has 42 heavy (non-hydrogen) atoms. The minimum Gasteiger partial charge on any atom is -0.483 e. The minimum atomic E-state index is -4.58. The number of ether oxygens (including phenoxy) is 2. The van der Waals surface area contributed by atoms with Crippen molar-refractivity contribution in [3.05, 3.63) is 64.4 Å². The number of benzene rings is 2. The summed E-state index contributed by atoms with van der Waals surface area (Å²) in [4.78, 5) is 25.7. The van der Waals surface area contributed by atoms with E-state index >= 15 is 0 Å². The average Bonchev–Trinajstić information content (AvgIpc) is 2.98. The molecule has 1 fully saturated rings. The average molecular weight is 605 g/mol. The summed E-state index contributed by atoms with van der Waals surface area (Å²) in [7, 11) is 0. The number of hydrogen-bond donors (Lipinski definition) is 2. The normalized spacial score (nSPS) is 17.6. The van der Waals surface area contributed by atoms with Gasteiger partial charge >= 0.3 is 6.18 Å². The van der Waals surface area contributed by atoms with Gasteiger partial charge in [-0.3, -0.25) is 9.69 Å². The van der Waals surface area contributed by atoms with Crippen molar-refractivity contribution in [1.82, 2.24) is 19.8 Å². The third kappa shape index (κ3) is 6.88. The molecule has 2 N–H and O–H groups in total. The first kappa shape index (κ1) is 29.9. The Kier molecular flexibility index (Phi) is 9.05. The number of nitrogens with one attached hydrogen (secondary N) is 2. The third-order valence-corrected chi connectivity index (χ3v) is 7.73. The molecule has 2 aliphatic heterocycles. The fourth-order valence-corrected chi connectivity index (χ4v) is 5.05. The van der Waals surface area contributed by atoms with E-state index in [4.69, 9.17) is 21.1 Å². The zero-order valence-corrected chi connectivity index (χ0v) is 24.1. The minimum absolute atomic E-state index is 0.0270. The third-order valence-electron chi connectivity index (χ3n) is 7.41. The van der Waals surface area contributed by atoms with Gasteiger partial charge in [-0.2, -0.15) is 18.2 Å². The van der Waals surface area contributed by atoms with Crippen molar-refractivity contribution < 1.29 is 27.4 Å². The molecular weight excluding hydrogens is 573 g/mol. The van der Waals surface area contributed by atoms with Crippen molar-refractivity contribution in [1.29, 1.82) is 0 Å². The lowest BCUT2D eigenvalue weighted by Crippen LogP contribution is -2.45. The van der Waals surface area contributed by atoms with E-state index in [0.717, 1.165) is 32.1 Å². The number of carbonyl (C=O) groups is 1. The van der Waals surface area contributed by atoms with Gasteiger partial charge in [0, 0.05) is 44.0 Å². The zero-order valence-electron chi connectivity index (χ0n) is 23.3. The molecule has 2 aliphatic rings. The number of nitrogens with zero attached hydrogens (tertiary/aromatic N) is 4. The second kappa shape index (κ2) is 12.7. The second-order valence-electron chi connectivity index (χ2n) is 10.2. The van der Waals surface area contributed by atoms with Gasteiger partial charge in [-0.25, -0.2) is 4.98 Å². The van der Waals surface area contributed by atoms with Gasteiger partial charge in [-0.1, -0.05) is 31.5 Å². The molecule has 1 amide bonds. The predicted octanol–water partition coefficient (Wildman–Crippen LogP) is 5.91. The van der Waals surface area contributed by atoms with Crippen LogP contribution in [0.2, 0.25) is 5.02 Å². The molecule has 0 spiro atoms. The van der Waals surface area contributed by atoms with Crippen molar-refractivity contribution in [3.8, 4) is 17.4 Å². The number of likely N-dealkylation sites (N-methyl/N-ethyl adjacent to an activating group) is 1. The largest absolute Gasteiger partial charge is 0.483 e. The van der Waals surface area contributed by atoms with Gasteiger partial charge < -0.3 is 25.0 Å². The Hall–Kier alpha value is -3.61. The topological polar surface area (TPSA) is 91.8 Å². The number of amides is 1. The van der Waals surface area contributed by atoms with E-state index in [1.165, 1.54) is 36.7 Å². The van der Waals surface area contributed by atoms with E-state index in [1.807, 2.05) is 11.8 Å². The molecule has 1 aromatic heterocycles. The summed E-state index contributed by atoms with van der Waals surface area (Å²) in [5.74, 6) is 0.417. The van der Waals surface area contributed by atoms with E-state index in [-0.39, 0.29) is 46.1 Å². The van der Waals surface area contributed by atoms with Crippen molar-refractivity contribution >= 4 is 29.0 Å². The quantitative estimate of drug-likeness (QED) is 0.328. The van der Waals surface area contributed by atoms with Crippen molar-refractivity contribution in [2.75, 3.05) is 50.0 Å². The van der Waals surface area contributed by atoms with Crippen LogP contribution in [0.4, 0.5) is 24.7 Å². The van der Waals surface area contributed by atoms with Gasteiger partial charge in [-0.15, -0.1) is 0 Å². The fraction of sp³-hybridized carbons (Fsp3) is 0.414. The molecule has 3 heterocycles. The highest BCUT2D eigenvalue weighted by molar-refractivity contribution is 6.32. The molecular formula is C29H32ClF3N6O3. The number of halogens is 4. The number of hydrogen-bond acceptors (Lipinski definition) is 8. The zero-order chi connectivity index (χ0) is 29.9. The highest BCUT2D eigenvalue weighted by atomic mass is 35.5. The summed E-state index contributed by atoms with van der Waals surface area (Å²) in [6, 6.07) is 8.30. The van der Waals surface area contributed by atoms with Crippen LogP contribution in [0.1, 0.15) is 41.8 Å². The molecule has 1 atom stereocenters. The first-order valence-corrected chi connectivity index (χ1v) is 14.2. The molecule has 0 aliphatic carbocycles. The Morgan fingerprint density at radius 3 is 2.60 bits per heavy atom. The number of alkyl halides is 3. The van der Waals surface area contributed by atoms with Crippen LogP contribution in [0.3, 0.4) is 0 Å². The number of fused-ring (bicyclic) bond motifs is 1. The Bertz CT molecular complexity index is 1430. The van der Waals surface area contributed by atoms with E-state index < -0.39 is 17.6 Å². The van der Waals surface area contributed by atoms with E-state index in [2.05, 4.69) is 32.4 Å². The van der Waals surface area contributed by atoms with Crippen LogP contribution in [-0.2, 0) is 12.7 Å². The van der Waals surface area contributed by atoms with Crippen molar-refractivity contribution in [3.63, 3.8) is 0 Å². The lowest BCUT2D eigenvalue weighted by molar-refractivity contribution is -0.138. The first-order valence-electron chi connectivity index (χ1n) is 13.8. The Labute approximate surface area is 247 Å². The number of anilines is 2. The van der Waals surface area contributed by atoms with Gasteiger partial charge in [0.05, 0.1) is 16.6 Å². The number of piperazine rings is 1. The standard InChI is InChI=1S/C29H32ClF3N6O3/c1-3-20-16-41-25-26(36-20)34-17-35-28(25)42-24-13-18(6-8-23(24)30)27(40)37-21-7-5-19(22(14-21)29(31,32)33)15-39-11-9-38(4-2)10-12-39/h5-8,13-14,17,20H,3-4,9-12,15-16H2,1-2H3,(H,37,40)(H,34,35,36). The summed E-state index contributed by atoms with van der Waals surface area (Å²) in [5, 5.41) is 6.03. The molecule has 13 heteroatoms. The Balaban J connectivity index is 1.31. The van der Waals surface area contributed by atoms with Crippen LogP contribution in [0, 0.1) is 0 Å². The molecule has 9 nitrogen and oxygen atoms in total. The SMILES string of the molecule is CCC1COc2c(ncnc2Oc2cc(C(=O)Nc3ccc(CN4CCN(CC)CC4)c(C(F)(F)F)c3)ccc2Cl)N1. The Morgan fingerprint density at radius 1 is 1.12 bits per heavy atom. The smallest absolute Gasteiger partial charge is 0.416 e. The lowest BCUT2D eigenvalue weighted by atomic mass is 10.0. The molecule has 0 radical (unpaired) electrons. The summed E-state index contributed by atoms with van der Waals surface area (Å²) < 4.78 is 53.8. The van der Waals surface area contributed by atoms with E-state index in [1.54, 1.807) is 0 Å². The summed E-state index contributed by atoms with van der Waals surface area (Å²) >= 11 is 6.34.